The summed E-state index contributed by atoms with van der Waals surface area (Å²) >= 11 is 0. The molecule has 2 rings (SSSR count). The molecular weight excluding hydrogens is 453 g/mol. The van der Waals surface area contributed by atoms with E-state index in [1.165, 1.54) is 13.1 Å². The molecule has 1 heterocycles. The molecule has 33 heavy (non-hydrogen) atoms. The second-order valence-corrected chi connectivity index (χ2v) is 11.0. The minimum atomic E-state index is -3.60. The van der Waals surface area contributed by atoms with Gasteiger partial charge in [0.05, 0.1) is 36.3 Å². The van der Waals surface area contributed by atoms with Crippen molar-refractivity contribution in [3.05, 3.63) is 23.0 Å². The Kier molecular flexibility index (Phi) is 9.33. The molecule has 0 radical (unpaired) electrons. The van der Waals surface area contributed by atoms with Crippen LogP contribution in [0, 0.1) is 0 Å². The Labute approximate surface area is 194 Å². The highest BCUT2D eigenvalue weighted by Crippen LogP contribution is 2.38. The zero-order valence-electron chi connectivity index (χ0n) is 19.5. The lowest BCUT2D eigenvalue weighted by Gasteiger charge is -2.28. The van der Waals surface area contributed by atoms with Gasteiger partial charge in [-0.3, -0.25) is 4.79 Å². The number of rotatable bonds is 10. The second kappa shape index (κ2) is 11.3. The highest BCUT2D eigenvalue weighted by molar-refractivity contribution is 7.92. The van der Waals surface area contributed by atoms with Crippen LogP contribution in [0.2, 0.25) is 0 Å². The number of aliphatic hydroxyl groups excluding tert-OH is 2. The molecule has 0 amide bonds. The summed E-state index contributed by atoms with van der Waals surface area (Å²) in [5, 5.41) is 28.9. The van der Waals surface area contributed by atoms with Crippen molar-refractivity contribution in [1.82, 2.24) is 9.97 Å². The maximum absolute atomic E-state index is 13.8. The lowest BCUT2D eigenvalue weighted by molar-refractivity contribution is -0.139. The number of halogens is 1. The van der Waals surface area contributed by atoms with E-state index in [2.05, 4.69) is 9.97 Å². The van der Waals surface area contributed by atoms with E-state index in [1.54, 1.807) is 6.08 Å². The second-order valence-electron chi connectivity index (χ2n) is 8.96. The smallest absolute Gasteiger partial charge is 0.305 e. The van der Waals surface area contributed by atoms with Gasteiger partial charge in [-0.2, -0.15) is 0 Å². The Balaban J connectivity index is 2.50. The molecule has 1 aliphatic carbocycles. The van der Waals surface area contributed by atoms with Crippen LogP contribution in [0.25, 0.3) is 6.08 Å². The molecule has 1 saturated carbocycles. The number of sulfonamides is 1. The SMILES string of the molecule is CC(C)c1nc(N(C)S(C)(=O)=O)nc(C2CCC(F)CC2)c1/C=C/[C@@H](O)C[C@@H](O)CC(=O)O. The van der Waals surface area contributed by atoms with Gasteiger partial charge in [0.2, 0.25) is 16.0 Å². The molecule has 2 atom stereocenters. The van der Waals surface area contributed by atoms with Crippen LogP contribution in [-0.2, 0) is 14.8 Å². The van der Waals surface area contributed by atoms with Crippen LogP contribution in [0.5, 0.6) is 0 Å². The summed E-state index contributed by atoms with van der Waals surface area (Å²) in [7, 11) is -2.23. The molecule has 186 valence electrons. The van der Waals surface area contributed by atoms with Gasteiger partial charge in [0.25, 0.3) is 0 Å². The van der Waals surface area contributed by atoms with Crippen LogP contribution in [0.4, 0.5) is 10.3 Å². The fourth-order valence-corrected chi connectivity index (χ4v) is 4.26. The number of alkyl halides is 1. The standard InChI is InChI=1S/C22H34FN3O6S/c1-13(2)20-18(10-9-16(27)11-17(28)12-19(29)30)21(14-5-7-15(23)8-6-14)25-22(24-20)26(3)33(4,31)32/h9-10,13-17,27-28H,5-8,11-12H2,1-4H3,(H,29,30)/b10-9+/t14?,15?,16-,17-/m1/s1. The van der Waals surface area contributed by atoms with Crippen LogP contribution in [0.1, 0.15) is 81.2 Å². The summed E-state index contributed by atoms with van der Waals surface area (Å²) in [5.74, 6) is -1.33. The minimum absolute atomic E-state index is 0.0353. The summed E-state index contributed by atoms with van der Waals surface area (Å²) in [6, 6.07) is 0. The zero-order chi connectivity index (χ0) is 24.9. The number of carbonyl (C=O) groups is 1. The van der Waals surface area contributed by atoms with E-state index >= 15 is 0 Å². The Morgan fingerprint density at radius 2 is 1.82 bits per heavy atom. The molecule has 1 aromatic heterocycles. The average Bonchev–Trinajstić information content (AvgIpc) is 2.70. The quantitative estimate of drug-likeness (QED) is 0.457. The number of nitrogens with zero attached hydrogens (tertiary/aromatic N) is 3. The molecule has 0 unspecified atom stereocenters. The van der Waals surface area contributed by atoms with Gasteiger partial charge < -0.3 is 15.3 Å². The number of carboxylic acids is 1. The topological polar surface area (TPSA) is 141 Å². The van der Waals surface area contributed by atoms with Crippen LogP contribution in [0.15, 0.2) is 6.08 Å². The third kappa shape index (κ3) is 7.72. The maximum Gasteiger partial charge on any atom is 0.305 e. The van der Waals surface area contributed by atoms with E-state index in [0.717, 1.165) is 10.6 Å². The van der Waals surface area contributed by atoms with Crippen LogP contribution in [-0.4, -0.2) is 71.4 Å². The van der Waals surface area contributed by atoms with Crippen molar-refractivity contribution in [1.29, 1.82) is 0 Å². The van der Waals surface area contributed by atoms with Gasteiger partial charge in [0.15, 0.2) is 0 Å². The summed E-state index contributed by atoms with van der Waals surface area (Å²) in [5.41, 5.74) is 1.81. The van der Waals surface area contributed by atoms with Crippen LogP contribution in [0.3, 0.4) is 0 Å². The maximum atomic E-state index is 13.8. The molecule has 0 saturated heterocycles. The Hall–Kier alpha value is -2.11. The molecule has 3 N–H and O–H groups in total. The van der Waals surface area contributed by atoms with E-state index in [-0.39, 0.29) is 24.2 Å². The first-order valence-electron chi connectivity index (χ1n) is 11.1. The Bertz CT molecular complexity index is 961. The third-order valence-corrected chi connectivity index (χ3v) is 6.93. The van der Waals surface area contributed by atoms with Crippen LogP contribution < -0.4 is 4.31 Å². The number of anilines is 1. The molecule has 11 heteroatoms. The first-order chi connectivity index (χ1) is 15.3. The van der Waals surface area contributed by atoms with Gasteiger partial charge in [0.1, 0.15) is 6.17 Å². The van der Waals surface area contributed by atoms with Gasteiger partial charge in [-0.1, -0.05) is 26.0 Å². The molecular formula is C22H34FN3O6S. The average molecular weight is 488 g/mol. The van der Waals surface area contributed by atoms with E-state index in [4.69, 9.17) is 5.11 Å². The molecule has 9 nitrogen and oxygen atoms in total. The molecule has 0 aromatic carbocycles. The first-order valence-corrected chi connectivity index (χ1v) is 12.9. The normalized spacial score (nSPS) is 21.3. The highest BCUT2D eigenvalue weighted by Gasteiger charge is 2.29. The molecule has 1 aliphatic rings. The van der Waals surface area contributed by atoms with Crippen molar-refractivity contribution >= 4 is 28.0 Å². The number of hydrogen-bond acceptors (Lipinski definition) is 7. The number of hydrogen-bond donors (Lipinski definition) is 3. The fourth-order valence-electron chi connectivity index (χ4n) is 3.88. The Morgan fingerprint density at radius 1 is 1.21 bits per heavy atom. The summed E-state index contributed by atoms with van der Waals surface area (Å²) in [4.78, 5) is 19.8. The number of aliphatic hydroxyl groups is 2. The van der Waals surface area contributed by atoms with E-state index < -0.39 is 40.8 Å². The van der Waals surface area contributed by atoms with Crippen LogP contribution >= 0.6 is 0 Å². The third-order valence-electron chi connectivity index (χ3n) is 5.77. The van der Waals surface area contributed by atoms with Gasteiger partial charge in [-0.25, -0.2) is 27.1 Å². The van der Waals surface area contributed by atoms with Crippen molar-refractivity contribution in [2.45, 2.75) is 82.6 Å². The molecule has 0 spiro atoms. The molecule has 1 aromatic rings. The summed E-state index contributed by atoms with van der Waals surface area (Å²) in [6.45, 7) is 3.80. The number of aromatic nitrogens is 2. The van der Waals surface area contributed by atoms with Crippen molar-refractivity contribution in [2.75, 3.05) is 17.6 Å². The highest BCUT2D eigenvalue weighted by atomic mass is 32.2. The van der Waals surface area contributed by atoms with Gasteiger partial charge in [-0.15, -0.1) is 0 Å². The Morgan fingerprint density at radius 3 is 2.33 bits per heavy atom. The van der Waals surface area contributed by atoms with E-state index in [1.807, 2.05) is 13.8 Å². The number of carboxylic acid groups (broad SMARTS) is 1. The van der Waals surface area contributed by atoms with Gasteiger partial charge in [0, 0.05) is 24.9 Å². The van der Waals surface area contributed by atoms with Gasteiger partial charge in [-0.05, 0) is 31.6 Å². The van der Waals surface area contributed by atoms with Gasteiger partial charge >= 0.3 is 5.97 Å². The van der Waals surface area contributed by atoms with E-state index in [0.29, 0.717) is 42.6 Å². The fraction of sp³-hybridized carbons (Fsp3) is 0.682. The lowest BCUT2D eigenvalue weighted by atomic mass is 9.83. The minimum Gasteiger partial charge on any atom is -0.481 e. The number of aliphatic carboxylic acids is 1. The van der Waals surface area contributed by atoms with Crippen molar-refractivity contribution in [3.63, 3.8) is 0 Å². The zero-order valence-corrected chi connectivity index (χ0v) is 20.3. The first kappa shape index (κ1) is 27.1. The summed E-state index contributed by atoms with van der Waals surface area (Å²) < 4.78 is 39.0. The molecule has 1 fully saturated rings. The largest absolute Gasteiger partial charge is 0.481 e. The van der Waals surface area contributed by atoms with Crippen molar-refractivity contribution in [3.8, 4) is 0 Å². The van der Waals surface area contributed by atoms with Crippen molar-refractivity contribution < 1.29 is 32.9 Å². The van der Waals surface area contributed by atoms with Crippen molar-refractivity contribution in [2.24, 2.45) is 0 Å². The van der Waals surface area contributed by atoms with E-state index in [9.17, 15) is 27.8 Å². The predicted molar refractivity (Wildman–Crippen MR) is 123 cm³/mol. The summed E-state index contributed by atoms with van der Waals surface area (Å²) in [6.07, 6.45) is 2.21. The molecule has 0 bridgehead atoms. The predicted octanol–water partition coefficient (Wildman–Crippen LogP) is 2.59. The lowest BCUT2D eigenvalue weighted by Crippen LogP contribution is -2.28. The monoisotopic (exact) mass is 487 g/mol. The molecule has 0 aliphatic heterocycles.